The second-order valence-corrected chi connectivity index (χ2v) is 8.10. The number of hydrogen-bond donors (Lipinski definition) is 1. The highest BCUT2D eigenvalue weighted by Gasteiger charge is 2.20. The summed E-state index contributed by atoms with van der Waals surface area (Å²) in [5.74, 6) is -0.410. The van der Waals surface area contributed by atoms with E-state index in [1.54, 1.807) is 13.8 Å². The highest BCUT2D eigenvalue weighted by molar-refractivity contribution is 6.02. The lowest BCUT2D eigenvalue weighted by molar-refractivity contribution is -0.146. The van der Waals surface area contributed by atoms with Gasteiger partial charge in [-0.2, -0.15) is 0 Å². The van der Waals surface area contributed by atoms with E-state index in [2.05, 4.69) is 5.32 Å². The van der Waals surface area contributed by atoms with Crippen LogP contribution < -0.4 is 5.32 Å². The molecular weight excluding hydrogens is 430 g/mol. The van der Waals surface area contributed by atoms with Crippen molar-refractivity contribution in [2.24, 2.45) is 0 Å². The minimum Gasteiger partial charge on any atom is -0.466 e. The average molecular weight is 468 g/mol. The molecule has 0 heterocycles. The van der Waals surface area contributed by atoms with E-state index >= 15 is 0 Å². The van der Waals surface area contributed by atoms with Crippen molar-refractivity contribution in [3.63, 3.8) is 0 Å². The van der Waals surface area contributed by atoms with E-state index in [0.29, 0.717) is 44.6 Å². The van der Waals surface area contributed by atoms with E-state index in [4.69, 9.17) is 9.47 Å². The Bertz CT molecular complexity index is 897. The molecule has 6 heteroatoms. The molecule has 0 aromatic heterocycles. The molecule has 6 nitrogen and oxygen atoms in total. The van der Waals surface area contributed by atoms with Crippen LogP contribution in [0.3, 0.4) is 0 Å². The van der Waals surface area contributed by atoms with Gasteiger partial charge < -0.3 is 14.8 Å². The summed E-state index contributed by atoms with van der Waals surface area (Å²) in [7, 11) is 0. The third-order valence-corrected chi connectivity index (χ3v) is 5.56. The average Bonchev–Trinajstić information content (AvgIpc) is 2.85. The minimum absolute atomic E-state index is 0.0357. The molecule has 0 fully saturated rings. The van der Waals surface area contributed by atoms with Crippen LogP contribution in [0.25, 0.3) is 11.1 Å². The van der Waals surface area contributed by atoms with Crippen LogP contribution in [0.5, 0.6) is 0 Å². The van der Waals surface area contributed by atoms with E-state index in [1.165, 1.54) is 0 Å². The molecule has 0 aliphatic heterocycles. The molecule has 0 amide bonds. The summed E-state index contributed by atoms with van der Waals surface area (Å²) in [6, 6.07) is 17.0. The van der Waals surface area contributed by atoms with Gasteiger partial charge in [-0.25, -0.2) is 0 Å². The van der Waals surface area contributed by atoms with Crippen LogP contribution in [0.2, 0.25) is 0 Å². The fourth-order valence-corrected chi connectivity index (χ4v) is 3.84. The summed E-state index contributed by atoms with van der Waals surface area (Å²) < 4.78 is 10.1. The summed E-state index contributed by atoms with van der Waals surface area (Å²) in [5.41, 5.74) is 2.61. The van der Waals surface area contributed by atoms with Crippen LogP contribution in [-0.4, -0.2) is 43.5 Å². The highest BCUT2D eigenvalue weighted by atomic mass is 16.5. The van der Waals surface area contributed by atoms with Crippen LogP contribution in [0.15, 0.2) is 54.6 Å². The maximum Gasteiger partial charge on any atom is 0.323 e. The predicted octanol–water partition coefficient (Wildman–Crippen LogP) is 5.35. The lowest BCUT2D eigenvalue weighted by Crippen LogP contribution is -2.39. The Kier molecular flexibility index (Phi) is 12.6. The summed E-state index contributed by atoms with van der Waals surface area (Å²) in [5, 5.41) is 3.22. The van der Waals surface area contributed by atoms with E-state index < -0.39 is 6.04 Å². The van der Waals surface area contributed by atoms with Gasteiger partial charge in [0.25, 0.3) is 0 Å². The molecule has 0 aliphatic carbocycles. The van der Waals surface area contributed by atoms with Crippen molar-refractivity contribution in [2.45, 2.75) is 64.8 Å². The maximum absolute atomic E-state index is 13.0. The number of rotatable bonds is 16. The Morgan fingerprint density at radius 1 is 0.794 bits per heavy atom. The fourth-order valence-electron chi connectivity index (χ4n) is 3.84. The number of benzene rings is 2. The Morgan fingerprint density at radius 3 is 2.21 bits per heavy atom. The third kappa shape index (κ3) is 9.48. The van der Waals surface area contributed by atoms with Gasteiger partial charge in [-0.1, -0.05) is 73.9 Å². The van der Waals surface area contributed by atoms with Gasteiger partial charge in [-0.05, 0) is 37.8 Å². The molecule has 1 unspecified atom stereocenters. The van der Waals surface area contributed by atoms with E-state index in [-0.39, 0.29) is 17.7 Å². The Labute approximate surface area is 203 Å². The first-order valence-corrected chi connectivity index (χ1v) is 12.3. The molecule has 0 saturated carbocycles. The number of ketones is 1. The number of Topliss-reactive ketones (excluding diaryl/α,β-unsaturated/α-hetero) is 1. The minimum atomic E-state index is -0.442. The number of ether oxygens (including phenoxy) is 2. The SMILES string of the molecule is CCOC(=O)CCCCCCC(NCCC(=O)c1ccccc1-c1ccccc1)C(=O)OCC. The van der Waals surface area contributed by atoms with Gasteiger partial charge in [0.15, 0.2) is 5.78 Å². The van der Waals surface area contributed by atoms with Gasteiger partial charge in [0.05, 0.1) is 13.2 Å². The zero-order valence-corrected chi connectivity index (χ0v) is 20.4. The molecule has 2 rings (SSSR count). The quantitative estimate of drug-likeness (QED) is 0.204. The molecule has 0 aliphatic rings. The van der Waals surface area contributed by atoms with Gasteiger partial charge in [0.2, 0.25) is 0 Å². The van der Waals surface area contributed by atoms with Gasteiger partial charge in [0, 0.05) is 24.9 Å². The van der Waals surface area contributed by atoms with E-state index in [9.17, 15) is 14.4 Å². The van der Waals surface area contributed by atoms with Crippen molar-refractivity contribution in [1.82, 2.24) is 5.32 Å². The molecule has 1 N–H and O–H groups in total. The van der Waals surface area contributed by atoms with Crippen molar-refractivity contribution in [3.8, 4) is 11.1 Å². The fraction of sp³-hybridized carbons (Fsp3) is 0.464. The van der Waals surface area contributed by atoms with Crippen molar-refractivity contribution in [1.29, 1.82) is 0 Å². The summed E-state index contributed by atoms with van der Waals surface area (Å²) in [4.78, 5) is 36.7. The van der Waals surface area contributed by atoms with Crippen molar-refractivity contribution >= 4 is 17.7 Å². The first-order valence-electron chi connectivity index (χ1n) is 12.3. The molecular formula is C28H37NO5. The van der Waals surface area contributed by atoms with Gasteiger partial charge in [-0.3, -0.25) is 14.4 Å². The van der Waals surface area contributed by atoms with Crippen molar-refractivity contribution in [3.05, 3.63) is 60.2 Å². The smallest absolute Gasteiger partial charge is 0.323 e. The van der Waals surface area contributed by atoms with Gasteiger partial charge in [-0.15, -0.1) is 0 Å². The maximum atomic E-state index is 13.0. The molecule has 0 saturated heterocycles. The standard InChI is InChI=1S/C28H37NO5/c1-3-33-27(31)19-11-6-5-10-18-25(28(32)34-4-2)29-21-20-26(30)24-17-13-12-16-23(24)22-14-8-7-9-15-22/h7-9,12-17,25,29H,3-6,10-11,18-21H2,1-2H3. The number of unbranched alkanes of at least 4 members (excludes halogenated alkanes) is 3. The third-order valence-electron chi connectivity index (χ3n) is 5.56. The Hall–Kier alpha value is -2.99. The molecule has 0 spiro atoms. The Morgan fingerprint density at radius 2 is 1.47 bits per heavy atom. The van der Waals surface area contributed by atoms with Crippen molar-refractivity contribution < 1.29 is 23.9 Å². The molecule has 34 heavy (non-hydrogen) atoms. The zero-order chi connectivity index (χ0) is 24.6. The predicted molar refractivity (Wildman–Crippen MR) is 134 cm³/mol. The number of carbonyl (C=O) groups excluding carboxylic acids is 3. The topological polar surface area (TPSA) is 81.7 Å². The van der Waals surface area contributed by atoms with E-state index in [0.717, 1.165) is 36.8 Å². The first-order chi connectivity index (χ1) is 16.6. The largest absolute Gasteiger partial charge is 0.466 e. The lowest BCUT2D eigenvalue weighted by Gasteiger charge is -2.17. The van der Waals surface area contributed by atoms with Gasteiger partial charge in [0.1, 0.15) is 6.04 Å². The lowest BCUT2D eigenvalue weighted by atomic mass is 9.96. The normalized spacial score (nSPS) is 11.6. The summed E-state index contributed by atoms with van der Waals surface area (Å²) in [6.45, 7) is 4.71. The summed E-state index contributed by atoms with van der Waals surface area (Å²) >= 11 is 0. The second-order valence-electron chi connectivity index (χ2n) is 8.10. The molecule has 2 aromatic rings. The monoisotopic (exact) mass is 467 g/mol. The molecule has 1 atom stereocenters. The Balaban J connectivity index is 1.83. The molecule has 184 valence electrons. The van der Waals surface area contributed by atoms with Crippen molar-refractivity contribution in [2.75, 3.05) is 19.8 Å². The van der Waals surface area contributed by atoms with Crippen LogP contribution >= 0.6 is 0 Å². The van der Waals surface area contributed by atoms with Crippen LogP contribution in [0.1, 0.15) is 69.2 Å². The molecule has 0 radical (unpaired) electrons. The van der Waals surface area contributed by atoms with Crippen LogP contribution in [-0.2, 0) is 19.1 Å². The highest BCUT2D eigenvalue weighted by Crippen LogP contribution is 2.24. The number of esters is 2. The number of hydrogen-bond acceptors (Lipinski definition) is 6. The number of carbonyl (C=O) groups is 3. The number of nitrogens with one attached hydrogen (secondary N) is 1. The molecule has 2 aromatic carbocycles. The molecule has 0 bridgehead atoms. The van der Waals surface area contributed by atoms with Crippen LogP contribution in [0.4, 0.5) is 0 Å². The zero-order valence-electron chi connectivity index (χ0n) is 20.4. The second kappa shape index (κ2) is 15.8. The summed E-state index contributed by atoms with van der Waals surface area (Å²) in [6.07, 6.45) is 4.80. The van der Waals surface area contributed by atoms with Crippen LogP contribution in [0, 0.1) is 0 Å². The first kappa shape index (κ1) is 27.3. The van der Waals surface area contributed by atoms with E-state index in [1.807, 2.05) is 54.6 Å². The van der Waals surface area contributed by atoms with Gasteiger partial charge >= 0.3 is 11.9 Å².